The molecule has 0 aliphatic carbocycles. The lowest BCUT2D eigenvalue weighted by Gasteiger charge is -2.31. The van der Waals surface area contributed by atoms with Gasteiger partial charge in [-0.3, -0.25) is 0 Å². The zero-order valence-corrected chi connectivity index (χ0v) is 41.7. The molecule has 3 nitrogen and oxygen atoms in total. The van der Waals surface area contributed by atoms with Crippen LogP contribution in [0, 0.1) is 20.8 Å². The Morgan fingerprint density at radius 1 is 0.424 bits per heavy atom. The molecule has 3 heteroatoms. The number of phenolic OH excluding ortho intramolecular Hbond substituents is 3. The minimum Gasteiger partial charge on any atom is -0.507 e. The summed E-state index contributed by atoms with van der Waals surface area (Å²) in [5.41, 5.74) is 16.5. The van der Waals surface area contributed by atoms with Crippen molar-refractivity contribution in [3.05, 3.63) is 120 Å². The molecule has 0 spiro atoms. The highest BCUT2D eigenvalue weighted by Crippen LogP contribution is 2.45. The fourth-order valence-corrected chi connectivity index (χ4v) is 8.65. The minimum absolute atomic E-state index is 0.181. The van der Waals surface area contributed by atoms with Crippen molar-refractivity contribution in [3.63, 3.8) is 0 Å². The summed E-state index contributed by atoms with van der Waals surface area (Å²) in [5.74, 6) is 1.45. The first-order valence-electron chi connectivity index (χ1n) is 22.5. The van der Waals surface area contributed by atoms with Gasteiger partial charge in [0.2, 0.25) is 0 Å². The summed E-state index contributed by atoms with van der Waals surface area (Å²) in [6.45, 7) is 48.1. The molecule has 0 aliphatic heterocycles. The maximum absolute atomic E-state index is 11.7. The van der Waals surface area contributed by atoms with Gasteiger partial charge in [0.25, 0.3) is 0 Å². The third-order valence-corrected chi connectivity index (χ3v) is 12.9. The monoisotopic (exact) mass is 805 g/mol. The Morgan fingerprint density at radius 2 is 0.678 bits per heavy atom. The van der Waals surface area contributed by atoms with Crippen molar-refractivity contribution in [1.29, 1.82) is 0 Å². The molecule has 59 heavy (non-hydrogen) atoms. The first-order valence-corrected chi connectivity index (χ1v) is 22.5. The lowest BCUT2D eigenvalue weighted by Crippen LogP contribution is -2.20. The van der Waals surface area contributed by atoms with E-state index in [0.29, 0.717) is 17.2 Å². The molecule has 0 unspecified atom stereocenters. The van der Waals surface area contributed by atoms with Crippen molar-refractivity contribution in [3.8, 4) is 17.2 Å². The average Bonchev–Trinajstić information content (AvgIpc) is 3.10. The molecule has 0 aliphatic rings. The van der Waals surface area contributed by atoms with Crippen LogP contribution in [0.5, 0.6) is 17.2 Å². The van der Waals surface area contributed by atoms with Crippen molar-refractivity contribution in [2.24, 2.45) is 0 Å². The molecular formula is C56H84O3. The Bertz CT molecular complexity index is 2090. The van der Waals surface area contributed by atoms with Crippen LogP contribution in [0.25, 0.3) is 0 Å². The highest BCUT2D eigenvalue weighted by atomic mass is 16.3. The number of rotatable bonds is 9. The van der Waals surface area contributed by atoms with E-state index in [1.54, 1.807) is 0 Å². The zero-order chi connectivity index (χ0) is 45.5. The van der Waals surface area contributed by atoms with Gasteiger partial charge in [-0.2, -0.15) is 0 Å². The van der Waals surface area contributed by atoms with E-state index in [1.807, 2.05) is 13.8 Å². The summed E-state index contributed by atoms with van der Waals surface area (Å²) in [6, 6.07) is 13.5. The van der Waals surface area contributed by atoms with Gasteiger partial charge < -0.3 is 15.3 Å². The van der Waals surface area contributed by atoms with E-state index < -0.39 is 0 Å². The van der Waals surface area contributed by atoms with Crippen LogP contribution in [0.1, 0.15) is 227 Å². The maximum Gasteiger partial charge on any atom is 0.123 e. The van der Waals surface area contributed by atoms with Gasteiger partial charge in [0.05, 0.1) is 0 Å². The van der Waals surface area contributed by atoms with Gasteiger partial charge in [0.1, 0.15) is 17.2 Å². The van der Waals surface area contributed by atoms with E-state index in [-0.39, 0.29) is 33.0 Å². The largest absolute Gasteiger partial charge is 0.507 e. The van der Waals surface area contributed by atoms with Gasteiger partial charge in [0, 0.05) is 5.56 Å². The molecule has 0 radical (unpaired) electrons. The highest BCUT2D eigenvalue weighted by Gasteiger charge is 2.31. The molecule has 3 N–H and O–H groups in total. The molecule has 0 aromatic heterocycles. The van der Waals surface area contributed by atoms with E-state index in [1.165, 1.54) is 50.1 Å². The van der Waals surface area contributed by atoms with Crippen LogP contribution in [0.2, 0.25) is 0 Å². The highest BCUT2D eigenvalue weighted by molar-refractivity contribution is 5.59. The van der Waals surface area contributed by atoms with Crippen LogP contribution in [0.15, 0.2) is 36.4 Å². The molecule has 0 heterocycles. The van der Waals surface area contributed by atoms with E-state index >= 15 is 0 Å². The van der Waals surface area contributed by atoms with Crippen LogP contribution >= 0.6 is 0 Å². The fraction of sp³-hybridized carbons (Fsp3) is 0.571. The van der Waals surface area contributed by atoms with Crippen LogP contribution in [-0.2, 0) is 46.3 Å². The summed E-state index contributed by atoms with van der Waals surface area (Å²) in [6.07, 6.45) is 3.19. The molecule has 0 saturated heterocycles. The summed E-state index contributed by atoms with van der Waals surface area (Å²) in [4.78, 5) is 0. The summed E-state index contributed by atoms with van der Waals surface area (Å²) in [5, 5.41) is 34.9. The second kappa shape index (κ2) is 17.7. The molecule has 4 aromatic carbocycles. The van der Waals surface area contributed by atoms with Gasteiger partial charge in [-0.15, -0.1) is 0 Å². The van der Waals surface area contributed by atoms with Crippen LogP contribution in [0.3, 0.4) is 0 Å². The Labute approximate surface area is 362 Å². The normalized spacial score (nSPS) is 12.9. The van der Waals surface area contributed by atoms with Crippen LogP contribution in [-0.4, -0.2) is 15.3 Å². The zero-order valence-electron chi connectivity index (χ0n) is 41.7. The first kappa shape index (κ1) is 49.6. The second-order valence-corrected chi connectivity index (χ2v) is 22.4. The van der Waals surface area contributed by atoms with Gasteiger partial charge >= 0.3 is 0 Å². The fourth-order valence-electron chi connectivity index (χ4n) is 8.65. The third kappa shape index (κ3) is 10.8. The minimum atomic E-state index is -0.224. The summed E-state index contributed by atoms with van der Waals surface area (Å²) >= 11 is 0. The second-order valence-electron chi connectivity index (χ2n) is 22.4. The van der Waals surface area contributed by atoms with Crippen LogP contribution < -0.4 is 0 Å². The van der Waals surface area contributed by atoms with E-state index in [9.17, 15) is 15.3 Å². The Hall–Kier alpha value is -3.72. The Balaban J connectivity index is 0.00000458. The predicted molar refractivity (Wildman–Crippen MR) is 257 cm³/mol. The lowest BCUT2D eigenvalue weighted by atomic mass is 9.75. The molecule has 0 atom stereocenters. The van der Waals surface area contributed by atoms with Crippen molar-refractivity contribution in [2.45, 2.75) is 211 Å². The van der Waals surface area contributed by atoms with Gasteiger partial charge in [0.15, 0.2) is 0 Å². The number of aromatic hydroxyl groups is 3. The van der Waals surface area contributed by atoms with E-state index in [2.05, 4.69) is 175 Å². The molecule has 0 amide bonds. The number of phenols is 3. The van der Waals surface area contributed by atoms with E-state index in [0.717, 1.165) is 59.1 Å². The van der Waals surface area contributed by atoms with Crippen molar-refractivity contribution < 1.29 is 15.3 Å². The molecule has 4 aromatic rings. The SMILES string of the molecule is CC.CCC(C)(C)c1cc(Cc2c(C)c(Cc3cc(C(C)C)c(O)c(C(C)(C)C)c3)c(C)c(Cc3cc(C(C)(C)C)c(O)c(C(C)(C)C)c3)c2C)cc(C(C)(C)C)c1O. The Morgan fingerprint density at radius 3 is 0.949 bits per heavy atom. The standard InChI is InChI=1S/C54H78O3.C2H6/c1-21-54(19,20)46-30-37(29-45(49(46)57)53(16,17)18)25-41-33(5)39(23-35-22-38(31(2)3)47(55)42(26-35)50(7,8)9)32(4)40(34(41)6)24-36-27-43(51(10,11)12)48(56)44(28-36)52(13,14)15;1-2/h22,26-31,55-57H,21,23-25H2,1-20H3;1-2H3. The number of benzene rings is 4. The van der Waals surface area contributed by atoms with E-state index in [4.69, 9.17) is 0 Å². The lowest BCUT2D eigenvalue weighted by molar-refractivity contribution is 0.409. The quantitative estimate of drug-likeness (QED) is 0.158. The predicted octanol–water partition coefficient (Wildman–Crippen LogP) is 15.5. The van der Waals surface area contributed by atoms with Crippen molar-refractivity contribution >= 4 is 0 Å². The van der Waals surface area contributed by atoms with Crippen molar-refractivity contribution in [1.82, 2.24) is 0 Å². The average molecular weight is 805 g/mol. The third-order valence-electron chi connectivity index (χ3n) is 12.9. The van der Waals surface area contributed by atoms with Crippen LogP contribution in [0.4, 0.5) is 0 Å². The Kier molecular flexibility index (Phi) is 14.9. The summed E-state index contributed by atoms with van der Waals surface area (Å²) in [7, 11) is 0. The van der Waals surface area contributed by atoms with Gasteiger partial charge in [-0.05, 0) is 157 Å². The molecule has 4 rings (SSSR count). The molecule has 0 fully saturated rings. The first-order chi connectivity index (χ1) is 26.8. The maximum atomic E-state index is 11.7. The summed E-state index contributed by atoms with van der Waals surface area (Å²) < 4.78 is 0. The van der Waals surface area contributed by atoms with Crippen molar-refractivity contribution in [2.75, 3.05) is 0 Å². The number of hydrogen-bond donors (Lipinski definition) is 3. The number of hydrogen-bond acceptors (Lipinski definition) is 3. The van der Waals surface area contributed by atoms with Gasteiger partial charge in [-0.25, -0.2) is 0 Å². The topological polar surface area (TPSA) is 60.7 Å². The van der Waals surface area contributed by atoms with Gasteiger partial charge in [-0.1, -0.05) is 168 Å². The smallest absolute Gasteiger partial charge is 0.123 e. The molecule has 0 saturated carbocycles. The molecule has 326 valence electrons. The molecule has 0 bridgehead atoms. The molecular weight excluding hydrogens is 721 g/mol.